The van der Waals surface area contributed by atoms with E-state index in [1.165, 1.54) is 0 Å². The van der Waals surface area contributed by atoms with Gasteiger partial charge in [-0.3, -0.25) is 0 Å². The standard InChI is InChI=1S/C11H11ClN2O.ClH/c1-15-6-10-11(14-7-13-10)8-2-4-9(12)5-3-8;/h2-5,7H,6H2,1H3,(H,13,14);1H. The lowest BCUT2D eigenvalue weighted by atomic mass is 10.1. The van der Waals surface area contributed by atoms with Crippen molar-refractivity contribution in [1.29, 1.82) is 0 Å². The number of nitrogens with zero attached hydrogens (tertiary/aromatic N) is 1. The molecule has 1 heterocycles. The van der Waals surface area contributed by atoms with E-state index in [4.69, 9.17) is 16.3 Å². The van der Waals surface area contributed by atoms with Gasteiger partial charge in [0.2, 0.25) is 0 Å². The normalized spacial score (nSPS) is 9.88. The van der Waals surface area contributed by atoms with Crippen LogP contribution in [0.2, 0.25) is 5.02 Å². The van der Waals surface area contributed by atoms with E-state index in [1.54, 1.807) is 13.4 Å². The smallest absolute Gasteiger partial charge is 0.0936 e. The fourth-order valence-electron chi connectivity index (χ4n) is 1.43. The van der Waals surface area contributed by atoms with Crippen molar-refractivity contribution in [2.24, 2.45) is 0 Å². The third kappa shape index (κ3) is 2.76. The van der Waals surface area contributed by atoms with E-state index in [2.05, 4.69) is 9.97 Å². The minimum absolute atomic E-state index is 0. The van der Waals surface area contributed by atoms with Crippen molar-refractivity contribution in [2.45, 2.75) is 6.61 Å². The molecule has 0 spiro atoms. The van der Waals surface area contributed by atoms with Crippen LogP contribution in [-0.2, 0) is 11.3 Å². The fraction of sp³-hybridized carbons (Fsp3) is 0.182. The molecule has 2 aromatic rings. The summed E-state index contributed by atoms with van der Waals surface area (Å²) in [5.41, 5.74) is 2.92. The zero-order valence-corrected chi connectivity index (χ0v) is 10.3. The Morgan fingerprint density at radius 3 is 2.62 bits per heavy atom. The van der Waals surface area contributed by atoms with Crippen LogP contribution in [0.4, 0.5) is 0 Å². The maximum Gasteiger partial charge on any atom is 0.0936 e. The van der Waals surface area contributed by atoms with Gasteiger partial charge < -0.3 is 9.72 Å². The summed E-state index contributed by atoms with van der Waals surface area (Å²) in [5, 5.41) is 0.725. The number of benzene rings is 1. The van der Waals surface area contributed by atoms with Gasteiger partial charge >= 0.3 is 0 Å². The lowest BCUT2D eigenvalue weighted by molar-refractivity contribution is 0.182. The molecule has 0 aliphatic heterocycles. The average Bonchev–Trinajstić information content (AvgIpc) is 2.68. The summed E-state index contributed by atoms with van der Waals surface area (Å²) in [6, 6.07) is 7.58. The van der Waals surface area contributed by atoms with E-state index in [0.717, 1.165) is 22.0 Å². The molecular formula is C11H12Cl2N2O. The average molecular weight is 259 g/mol. The first-order valence-corrected chi connectivity index (χ1v) is 4.96. The first-order chi connectivity index (χ1) is 7.31. The number of ether oxygens (including phenoxy) is 1. The quantitative estimate of drug-likeness (QED) is 0.918. The summed E-state index contributed by atoms with van der Waals surface area (Å²) in [4.78, 5) is 7.31. The van der Waals surface area contributed by atoms with E-state index in [9.17, 15) is 0 Å². The van der Waals surface area contributed by atoms with Crippen molar-refractivity contribution in [1.82, 2.24) is 9.97 Å². The summed E-state index contributed by atoms with van der Waals surface area (Å²) in [7, 11) is 1.66. The summed E-state index contributed by atoms with van der Waals surface area (Å²) in [6.07, 6.45) is 1.66. The summed E-state index contributed by atoms with van der Waals surface area (Å²) >= 11 is 5.82. The van der Waals surface area contributed by atoms with Gasteiger partial charge in [0.1, 0.15) is 0 Å². The highest BCUT2D eigenvalue weighted by atomic mass is 35.5. The Labute approximate surface area is 105 Å². The molecule has 0 amide bonds. The summed E-state index contributed by atoms with van der Waals surface area (Å²) in [5.74, 6) is 0. The molecule has 16 heavy (non-hydrogen) atoms. The maximum atomic E-state index is 5.82. The first-order valence-electron chi connectivity index (χ1n) is 4.58. The molecule has 0 radical (unpaired) electrons. The van der Waals surface area contributed by atoms with Crippen LogP contribution in [0.5, 0.6) is 0 Å². The molecule has 0 aliphatic rings. The maximum absolute atomic E-state index is 5.82. The van der Waals surface area contributed by atoms with Gasteiger partial charge in [-0.2, -0.15) is 0 Å². The zero-order chi connectivity index (χ0) is 10.7. The second-order valence-corrected chi connectivity index (χ2v) is 3.61. The van der Waals surface area contributed by atoms with E-state index < -0.39 is 0 Å². The van der Waals surface area contributed by atoms with Gasteiger partial charge in [0, 0.05) is 17.7 Å². The summed E-state index contributed by atoms with van der Waals surface area (Å²) < 4.78 is 5.07. The van der Waals surface area contributed by atoms with Gasteiger partial charge in [0.15, 0.2) is 0 Å². The van der Waals surface area contributed by atoms with Crippen molar-refractivity contribution < 1.29 is 4.74 Å². The van der Waals surface area contributed by atoms with Crippen LogP contribution in [0.25, 0.3) is 11.3 Å². The third-order valence-electron chi connectivity index (χ3n) is 2.12. The number of aromatic nitrogens is 2. The molecule has 2 rings (SSSR count). The Bertz CT molecular complexity index is 440. The van der Waals surface area contributed by atoms with Crippen molar-refractivity contribution >= 4 is 24.0 Å². The van der Waals surface area contributed by atoms with E-state index >= 15 is 0 Å². The second kappa shape index (κ2) is 5.89. The minimum Gasteiger partial charge on any atom is -0.378 e. The Hall–Kier alpha value is -1.03. The monoisotopic (exact) mass is 258 g/mol. The van der Waals surface area contributed by atoms with E-state index in [0.29, 0.717) is 6.61 Å². The van der Waals surface area contributed by atoms with Gasteiger partial charge in [-0.25, -0.2) is 4.98 Å². The van der Waals surface area contributed by atoms with Gasteiger partial charge in [-0.1, -0.05) is 23.7 Å². The Balaban J connectivity index is 0.00000128. The van der Waals surface area contributed by atoms with Crippen molar-refractivity contribution in [3.8, 4) is 11.3 Å². The lowest BCUT2D eigenvalue weighted by Gasteiger charge is -2.01. The van der Waals surface area contributed by atoms with Crippen molar-refractivity contribution in [2.75, 3.05) is 7.11 Å². The molecule has 0 unspecified atom stereocenters. The molecule has 0 saturated carbocycles. The number of halogens is 2. The SMILES string of the molecule is COCc1[nH]cnc1-c1ccc(Cl)cc1.Cl. The number of imidazole rings is 1. The molecule has 5 heteroatoms. The van der Waals surface area contributed by atoms with Crippen LogP contribution in [0.1, 0.15) is 5.69 Å². The molecule has 0 aliphatic carbocycles. The van der Waals surface area contributed by atoms with Gasteiger partial charge in [-0.15, -0.1) is 12.4 Å². The number of H-pyrrole nitrogens is 1. The fourth-order valence-corrected chi connectivity index (χ4v) is 1.56. The number of methoxy groups -OCH3 is 1. The highest BCUT2D eigenvalue weighted by molar-refractivity contribution is 6.30. The predicted molar refractivity (Wildman–Crippen MR) is 67.0 cm³/mol. The van der Waals surface area contributed by atoms with E-state index in [1.807, 2.05) is 24.3 Å². The second-order valence-electron chi connectivity index (χ2n) is 3.17. The highest BCUT2D eigenvalue weighted by Crippen LogP contribution is 2.22. The Kier molecular flexibility index (Phi) is 4.80. The number of rotatable bonds is 3. The van der Waals surface area contributed by atoms with Crippen LogP contribution in [0.15, 0.2) is 30.6 Å². The number of nitrogens with one attached hydrogen (secondary N) is 1. The largest absolute Gasteiger partial charge is 0.378 e. The van der Waals surface area contributed by atoms with Crippen LogP contribution in [0.3, 0.4) is 0 Å². The highest BCUT2D eigenvalue weighted by Gasteiger charge is 2.07. The van der Waals surface area contributed by atoms with Crippen LogP contribution < -0.4 is 0 Å². The van der Waals surface area contributed by atoms with Crippen LogP contribution in [0, 0.1) is 0 Å². The minimum atomic E-state index is 0. The van der Waals surface area contributed by atoms with Crippen LogP contribution in [-0.4, -0.2) is 17.1 Å². The van der Waals surface area contributed by atoms with Gasteiger partial charge in [0.05, 0.1) is 24.3 Å². The van der Waals surface area contributed by atoms with Crippen molar-refractivity contribution in [3.05, 3.63) is 41.3 Å². The molecule has 3 nitrogen and oxygen atoms in total. The molecule has 1 aromatic carbocycles. The van der Waals surface area contributed by atoms with Gasteiger partial charge in [-0.05, 0) is 12.1 Å². The topological polar surface area (TPSA) is 37.9 Å². The lowest BCUT2D eigenvalue weighted by Crippen LogP contribution is -1.91. The van der Waals surface area contributed by atoms with Crippen LogP contribution >= 0.6 is 24.0 Å². The predicted octanol–water partition coefficient (Wildman–Crippen LogP) is 3.30. The number of hydrogen-bond acceptors (Lipinski definition) is 2. The molecule has 0 fully saturated rings. The zero-order valence-electron chi connectivity index (χ0n) is 8.74. The molecule has 1 aromatic heterocycles. The molecule has 86 valence electrons. The molecule has 0 saturated heterocycles. The third-order valence-corrected chi connectivity index (χ3v) is 2.38. The number of aromatic amines is 1. The molecular weight excluding hydrogens is 247 g/mol. The molecule has 0 atom stereocenters. The van der Waals surface area contributed by atoms with E-state index in [-0.39, 0.29) is 12.4 Å². The summed E-state index contributed by atoms with van der Waals surface area (Å²) in [6.45, 7) is 0.526. The van der Waals surface area contributed by atoms with Crippen molar-refractivity contribution in [3.63, 3.8) is 0 Å². The Morgan fingerprint density at radius 2 is 2.00 bits per heavy atom. The molecule has 1 N–H and O–H groups in total. The first kappa shape index (κ1) is 13.0. The van der Waals surface area contributed by atoms with Gasteiger partial charge in [0.25, 0.3) is 0 Å². The Morgan fingerprint density at radius 1 is 1.31 bits per heavy atom. The molecule has 0 bridgehead atoms. The number of hydrogen-bond donors (Lipinski definition) is 1.